The molecular formula is C17H15F2NO. The van der Waals surface area contributed by atoms with E-state index in [2.05, 4.69) is 5.32 Å². The van der Waals surface area contributed by atoms with Gasteiger partial charge in [0, 0.05) is 11.5 Å². The maximum Gasteiger partial charge on any atom is 0.134 e. The molecule has 3 aromatic rings. The lowest BCUT2D eigenvalue weighted by Gasteiger charge is -2.04. The van der Waals surface area contributed by atoms with E-state index in [1.165, 1.54) is 12.1 Å². The van der Waals surface area contributed by atoms with Crippen molar-refractivity contribution in [2.45, 2.75) is 13.0 Å². The molecule has 2 nitrogen and oxygen atoms in total. The fraction of sp³-hybridized carbons (Fsp3) is 0.176. The summed E-state index contributed by atoms with van der Waals surface area (Å²) < 4.78 is 31.8. The van der Waals surface area contributed by atoms with E-state index in [0.29, 0.717) is 25.1 Å². The van der Waals surface area contributed by atoms with Crippen molar-refractivity contribution in [3.63, 3.8) is 0 Å². The molecule has 1 aromatic heterocycles. The molecule has 0 saturated heterocycles. The minimum Gasteiger partial charge on any atom is -0.460 e. The van der Waals surface area contributed by atoms with Gasteiger partial charge in [-0.2, -0.15) is 0 Å². The summed E-state index contributed by atoms with van der Waals surface area (Å²) in [5, 5.41) is 4.28. The Morgan fingerprint density at radius 1 is 0.952 bits per heavy atom. The van der Waals surface area contributed by atoms with Crippen molar-refractivity contribution in [2.24, 2.45) is 0 Å². The Morgan fingerprint density at radius 2 is 1.71 bits per heavy atom. The zero-order valence-electron chi connectivity index (χ0n) is 11.4. The van der Waals surface area contributed by atoms with Gasteiger partial charge >= 0.3 is 0 Å². The standard InChI is InChI=1S/C17H15F2NO/c18-14-7-12(8-15(19)10-14)5-6-20-11-16-9-13-3-1-2-4-17(13)21-16/h1-4,7-10,20H,5-6,11H2. The number of nitrogens with one attached hydrogen (secondary N) is 1. The maximum atomic E-state index is 13.0. The van der Waals surface area contributed by atoms with Crippen LogP contribution in [0.2, 0.25) is 0 Å². The Bertz CT molecular complexity index is 698. The zero-order valence-corrected chi connectivity index (χ0v) is 11.4. The average Bonchev–Trinajstić information content (AvgIpc) is 2.85. The third kappa shape index (κ3) is 3.47. The van der Waals surface area contributed by atoms with Crippen LogP contribution in [-0.2, 0) is 13.0 Å². The summed E-state index contributed by atoms with van der Waals surface area (Å²) in [7, 11) is 0. The summed E-state index contributed by atoms with van der Waals surface area (Å²) in [5.41, 5.74) is 1.51. The van der Waals surface area contributed by atoms with Crippen molar-refractivity contribution < 1.29 is 13.2 Å². The van der Waals surface area contributed by atoms with E-state index in [4.69, 9.17) is 4.42 Å². The van der Waals surface area contributed by atoms with Crippen molar-refractivity contribution in [1.82, 2.24) is 5.32 Å². The van der Waals surface area contributed by atoms with Gasteiger partial charge in [-0.3, -0.25) is 0 Å². The molecule has 21 heavy (non-hydrogen) atoms. The van der Waals surface area contributed by atoms with Crippen LogP contribution in [0.25, 0.3) is 11.0 Å². The lowest BCUT2D eigenvalue weighted by molar-refractivity contribution is 0.514. The molecule has 1 N–H and O–H groups in total. The number of hydrogen-bond donors (Lipinski definition) is 1. The monoisotopic (exact) mass is 287 g/mol. The van der Waals surface area contributed by atoms with Gasteiger partial charge in [0.15, 0.2) is 0 Å². The molecule has 0 amide bonds. The second kappa shape index (κ2) is 6.06. The highest BCUT2D eigenvalue weighted by Crippen LogP contribution is 2.18. The molecule has 4 heteroatoms. The van der Waals surface area contributed by atoms with Crippen LogP contribution < -0.4 is 5.32 Å². The SMILES string of the molecule is Fc1cc(F)cc(CCNCc2cc3ccccc3o2)c1. The van der Waals surface area contributed by atoms with Crippen LogP contribution in [0.3, 0.4) is 0 Å². The van der Waals surface area contributed by atoms with E-state index in [1.54, 1.807) is 0 Å². The number of furan rings is 1. The summed E-state index contributed by atoms with van der Waals surface area (Å²) in [5.74, 6) is -0.230. The van der Waals surface area contributed by atoms with Crippen molar-refractivity contribution >= 4 is 11.0 Å². The number of rotatable bonds is 5. The number of fused-ring (bicyclic) bond motifs is 1. The van der Waals surface area contributed by atoms with Crippen molar-refractivity contribution in [3.8, 4) is 0 Å². The van der Waals surface area contributed by atoms with E-state index in [-0.39, 0.29) is 0 Å². The van der Waals surface area contributed by atoms with Crippen molar-refractivity contribution in [3.05, 3.63) is 71.5 Å². The first-order chi connectivity index (χ1) is 10.2. The summed E-state index contributed by atoms with van der Waals surface area (Å²) in [6, 6.07) is 13.4. The lowest BCUT2D eigenvalue weighted by atomic mass is 10.1. The van der Waals surface area contributed by atoms with Crippen LogP contribution in [-0.4, -0.2) is 6.54 Å². The average molecular weight is 287 g/mol. The van der Waals surface area contributed by atoms with Gasteiger partial charge in [0.1, 0.15) is 23.0 Å². The molecule has 0 aliphatic heterocycles. The zero-order chi connectivity index (χ0) is 14.7. The second-order valence-electron chi connectivity index (χ2n) is 4.96. The van der Waals surface area contributed by atoms with Gasteiger partial charge in [0.25, 0.3) is 0 Å². The predicted octanol–water partition coefficient (Wildman–Crippen LogP) is 4.04. The molecular weight excluding hydrogens is 272 g/mol. The molecule has 3 rings (SSSR count). The number of halogens is 2. The molecule has 108 valence electrons. The smallest absolute Gasteiger partial charge is 0.134 e. The van der Waals surface area contributed by atoms with Crippen LogP contribution in [0, 0.1) is 11.6 Å². The van der Waals surface area contributed by atoms with Crippen LogP contribution in [0.4, 0.5) is 8.78 Å². The first kappa shape index (κ1) is 13.8. The molecule has 0 bridgehead atoms. The highest BCUT2D eigenvalue weighted by Gasteiger charge is 2.03. The molecule has 0 radical (unpaired) electrons. The number of para-hydroxylation sites is 1. The molecule has 1 heterocycles. The van der Waals surface area contributed by atoms with Crippen LogP contribution in [0.5, 0.6) is 0 Å². The van der Waals surface area contributed by atoms with Crippen molar-refractivity contribution in [2.75, 3.05) is 6.54 Å². The fourth-order valence-electron chi connectivity index (χ4n) is 2.32. The van der Waals surface area contributed by atoms with Gasteiger partial charge in [0.05, 0.1) is 6.54 Å². The maximum absolute atomic E-state index is 13.0. The third-order valence-electron chi connectivity index (χ3n) is 3.29. The summed E-state index contributed by atoms with van der Waals surface area (Å²) >= 11 is 0. The molecule has 0 atom stereocenters. The summed E-state index contributed by atoms with van der Waals surface area (Å²) in [6.07, 6.45) is 0.564. The highest BCUT2D eigenvalue weighted by molar-refractivity contribution is 5.77. The number of benzene rings is 2. The van der Waals surface area contributed by atoms with E-state index in [1.807, 2.05) is 30.3 Å². The minimum atomic E-state index is -0.540. The van der Waals surface area contributed by atoms with Gasteiger partial charge in [-0.1, -0.05) is 18.2 Å². The summed E-state index contributed by atoms with van der Waals surface area (Å²) in [6.45, 7) is 1.21. The highest BCUT2D eigenvalue weighted by atomic mass is 19.1. The van der Waals surface area contributed by atoms with E-state index in [0.717, 1.165) is 22.8 Å². The quantitative estimate of drug-likeness (QED) is 0.716. The largest absolute Gasteiger partial charge is 0.460 e. The third-order valence-corrected chi connectivity index (χ3v) is 3.29. The van der Waals surface area contributed by atoms with E-state index in [9.17, 15) is 8.78 Å². The number of hydrogen-bond acceptors (Lipinski definition) is 2. The predicted molar refractivity (Wildman–Crippen MR) is 78.0 cm³/mol. The Morgan fingerprint density at radius 3 is 2.48 bits per heavy atom. The van der Waals surface area contributed by atoms with E-state index < -0.39 is 11.6 Å². The van der Waals surface area contributed by atoms with E-state index >= 15 is 0 Å². The first-order valence-corrected chi connectivity index (χ1v) is 6.84. The Kier molecular flexibility index (Phi) is 3.97. The van der Waals surface area contributed by atoms with Crippen LogP contribution >= 0.6 is 0 Å². The molecule has 2 aromatic carbocycles. The van der Waals surface area contributed by atoms with Gasteiger partial charge < -0.3 is 9.73 Å². The van der Waals surface area contributed by atoms with Gasteiger partial charge in [-0.25, -0.2) is 8.78 Å². The molecule has 0 spiro atoms. The van der Waals surface area contributed by atoms with Gasteiger partial charge in [-0.15, -0.1) is 0 Å². The van der Waals surface area contributed by atoms with Gasteiger partial charge in [0.2, 0.25) is 0 Å². The first-order valence-electron chi connectivity index (χ1n) is 6.84. The molecule has 0 aliphatic carbocycles. The Hall–Kier alpha value is -2.20. The normalized spacial score (nSPS) is 11.1. The lowest BCUT2D eigenvalue weighted by Crippen LogP contribution is -2.16. The Balaban J connectivity index is 1.54. The second-order valence-corrected chi connectivity index (χ2v) is 4.96. The minimum absolute atomic E-state index is 0.540. The molecule has 0 unspecified atom stereocenters. The molecule has 0 fully saturated rings. The molecule has 0 saturated carbocycles. The van der Waals surface area contributed by atoms with Crippen LogP contribution in [0.1, 0.15) is 11.3 Å². The summed E-state index contributed by atoms with van der Waals surface area (Å²) in [4.78, 5) is 0. The topological polar surface area (TPSA) is 25.2 Å². The fourth-order valence-corrected chi connectivity index (χ4v) is 2.32. The molecule has 0 aliphatic rings. The van der Waals surface area contributed by atoms with Crippen LogP contribution in [0.15, 0.2) is 52.9 Å². The Labute approximate surface area is 121 Å². The van der Waals surface area contributed by atoms with Crippen molar-refractivity contribution in [1.29, 1.82) is 0 Å². The van der Waals surface area contributed by atoms with Gasteiger partial charge in [-0.05, 0) is 42.8 Å².